The molecule has 0 bridgehead atoms. The number of halogens is 3. The van der Waals surface area contributed by atoms with E-state index in [0.717, 1.165) is 0 Å². The Labute approximate surface area is 227 Å². The highest BCUT2D eigenvalue weighted by atomic mass is 19.1. The van der Waals surface area contributed by atoms with Gasteiger partial charge in [0.15, 0.2) is 0 Å². The Morgan fingerprint density at radius 3 is 2.03 bits per heavy atom. The molecule has 39 heavy (non-hydrogen) atoms. The molecule has 0 radical (unpaired) electrons. The van der Waals surface area contributed by atoms with Gasteiger partial charge in [0.25, 0.3) is 0 Å². The number of hydrogen-bond donors (Lipinski definition) is 4. The second kappa shape index (κ2) is 14.2. The van der Waals surface area contributed by atoms with E-state index in [1.54, 1.807) is 6.07 Å². The summed E-state index contributed by atoms with van der Waals surface area (Å²) >= 11 is 0. The quantitative estimate of drug-likeness (QED) is 0.254. The van der Waals surface area contributed by atoms with Crippen molar-refractivity contribution in [3.8, 4) is 0 Å². The number of benzene rings is 3. The Kier molecular flexibility index (Phi) is 11.1. The Hall–Kier alpha value is -3.24. The lowest BCUT2D eigenvalue weighted by Gasteiger charge is -2.26. The first-order valence-corrected chi connectivity index (χ1v) is 13.0. The molecule has 0 fully saturated rings. The summed E-state index contributed by atoms with van der Waals surface area (Å²) in [6, 6.07) is 14.4. The number of aliphatic hydroxyl groups is 1. The highest BCUT2D eigenvalue weighted by Crippen LogP contribution is 2.30. The van der Waals surface area contributed by atoms with Crippen LogP contribution in [0.15, 0.2) is 66.7 Å². The Morgan fingerprint density at radius 2 is 1.51 bits per heavy atom. The van der Waals surface area contributed by atoms with Gasteiger partial charge in [-0.1, -0.05) is 37.3 Å². The van der Waals surface area contributed by atoms with Crippen LogP contribution in [0.1, 0.15) is 42.9 Å². The molecular formula is C30H36F3N3O3. The first kappa shape index (κ1) is 30.3. The molecule has 0 aliphatic rings. The van der Waals surface area contributed by atoms with Gasteiger partial charge in [-0.25, -0.2) is 13.2 Å². The summed E-state index contributed by atoms with van der Waals surface area (Å²) in [6.45, 7) is 3.88. The zero-order valence-corrected chi connectivity index (χ0v) is 22.1. The van der Waals surface area contributed by atoms with Crippen molar-refractivity contribution in [2.45, 2.75) is 50.9 Å². The van der Waals surface area contributed by atoms with Gasteiger partial charge < -0.3 is 26.6 Å². The average molecular weight is 544 g/mol. The van der Waals surface area contributed by atoms with E-state index in [-0.39, 0.29) is 48.9 Å². The first-order valence-electron chi connectivity index (χ1n) is 13.0. The van der Waals surface area contributed by atoms with Crippen LogP contribution in [0.3, 0.4) is 0 Å². The highest BCUT2D eigenvalue weighted by Gasteiger charge is 2.29. The van der Waals surface area contributed by atoms with Crippen LogP contribution in [0.25, 0.3) is 0 Å². The molecule has 0 aromatic heterocycles. The van der Waals surface area contributed by atoms with Crippen molar-refractivity contribution in [2.75, 3.05) is 18.5 Å². The molecule has 0 saturated carbocycles. The normalized spacial score (nSPS) is 14.6. The van der Waals surface area contributed by atoms with Gasteiger partial charge in [-0.3, -0.25) is 4.79 Å². The molecule has 0 aliphatic heterocycles. The fourth-order valence-corrected chi connectivity index (χ4v) is 4.38. The van der Waals surface area contributed by atoms with E-state index in [9.17, 15) is 23.1 Å². The standard InChI is InChI=1S/C30H36F3N3O3/c1-18(17-37)19(2)39-24(16-34)14-15-25-26(33)4-3-5-27(25)36-30(38)29(35)28(20-6-10-22(31)11-7-20)21-8-12-23(32)13-9-21/h3-13,18-19,24,28-29,37H,14-17,34-35H2,1-2H3,(H,36,38)/t18-,19+,24-,29+/m1/s1. The molecule has 1 amide bonds. The lowest BCUT2D eigenvalue weighted by molar-refractivity contribution is -0.117. The van der Waals surface area contributed by atoms with Crippen molar-refractivity contribution >= 4 is 11.6 Å². The van der Waals surface area contributed by atoms with Crippen molar-refractivity contribution in [2.24, 2.45) is 17.4 Å². The van der Waals surface area contributed by atoms with Crippen molar-refractivity contribution in [3.63, 3.8) is 0 Å². The number of carbonyl (C=O) groups is 1. The van der Waals surface area contributed by atoms with E-state index in [1.807, 2.05) is 13.8 Å². The number of nitrogens with one attached hydrogen (secondary N) is 1. The number of nitrogens with two attached hydrogens (primary N) is 2. The predicted molar refractivity (Wildman–Crippen MR) is 146 cm³/mol. The Balaban J connectivity index is 1.81. The average Bonchev–Trinajstić information content (AvgIpc) is 2.93. The maximum atomic E-state index is 14.9. The molecule has 0 heterocycles. The van der Waals surface area contributed by atoms with Crippen molar-refractivity contribution in [1.29, 1.82) is 0 Å². The molecule has 0 spiro atoms. The van der Waals surface area contributed by atoms with E-state index < -0.39 is 35.3 Å². The van der Waals surface area contributed by atoms with Gasteiger partial charge in [0.1, 0.15) is 17.5 Å². The van der Waals surface area contributed by atoms with Crippen LogP contribution in [-0.4, -0.2) is 42.4 Å². The fourth-order valence-electron chi connectivity index (χ4n) is 4.38. The fraction of sp³-hybridized carbons (Fsp3) is 0.367. The van der Waals surface area contributed by atoms with Crippen LogP contribution in [0.5, 0.6) is 0 Å². The smallest absolute Gasteiger partial charge is 0.242 e. The molecule has 6 nitrogen and oxygen atoms in total. The van der Waals surface area contributed by atoms with Crippen LogP contribution in [0.2, 0.25) is 0 Å². The van der Waals surface area contributed by atoms with Crippen LogP contribution in [0.4, 0.5) is 18.9 Å². The highest BCUT2D eigenvalue weighted by molar-refractivity contribution is 5.96. The van der Waals surface area contributed by atoms with E-state index in [2.05, 4.69) is 5.32 Å². The third kappa shape index (κ3) is 8.12. The van der Waals surface area contributed by atoms with Crippen molar-refractivity contribution in [3.05, 3.63) is 101 Å². The predicted octanol–water partition coefficient (Wildman–Crippen LogP) is 4.50. The summed E-state index contributed by atoms with van der Waals surface area (Å²) in [5.74, 6) is -2.77. The van der Waals surface area contributed by atoms with Crippen LogP contribution in [-0.2, 0) is 16.0 Å². The van der Waals surface area contributed by atoms with E-state index in [4.69, 9.17) is 16.2 Å². The van der Waals surface area contributed by atoms with Gasteiger partial charge in [0.2, 0.25) is 5.91 Å². The molecule has 3 aromatic rings. The minimum absolute atomic E-state index is 0.0287. The summed E-state index contributed by atoms with van der Waals surface area (Å²) in [5, 5.41) is 12.1. The van der Waals surface area contributed by atoms with Gasteiger partial charge >= 0.3 is 0 Å². The third-order valence-electron chi connectivity index (χ3n) is 6.97. The molecular weight excluding hydrogens is 507 g/mol. The molecule has 210 valence electrons. The number of ether oxygens (including phenoxy) is 1. The molecule has 0 saturated heterocycles. The second-order valence-corrected chi connectivity index (χ2v) is 9.76. The maximum absolute atomic E-state index is 14.9. The zero-order valence-electron chi connectivity index (χ0n) is 22.1. The van der Waals surface area contributed by atoms with Crippen LogP contribution >= 0.6 is 0 Å². The SMILES string of the molecule is C[C@H](CO)[C@H](C)O[C@@H](CN)CCc1c(F)cccc1NC(=O)[C@@H](N)C(c1ccc(F)cc1)c1ccc(F)cc1. The summed E-state index contributed by atoms with van der Waals surface area (Å²) in [7, 11) is 0. The monoisotopic (exact) mass is 543 g/mol. The van der Waals surface area contributed by atoms with Gasteiger partial charge in [-0.05, 0) is 67.3 Å². The maximum Gasteiger partial charge on any atom is 0.242 e. The van der Waals surface area contributed by atoms with E-state index in [1.165, 1.54) is 60.7 Å². The molecule has 9 heteroatoms. The number of rotatable bonds is 13. The third-order valence-corrected chi connectivity index (χ3v) is 6.97. The zero-order chi connectivity index (χ0) is 28.5. The topological polar surface area (TPSA) is 111 Å². The van der Waals surface area contributed by atoms with Gasteiger partial charge in [-0.15, -0.1) is 0 Å². The minimum Gasteiger partial charge on any atom is -0.396 e. The number of anilines is 1. The van der Waals surface area contributed by atoms with Crippen LogP contribution in [0, 0.1) is 23.4 Å². The lowest BCUT2D eigenvalue weighted by atomic mass is 9.85. The number of amides is 1. The molecule has 6 N–H and O–H groups in total. The summed E-state index contributed by atoms with van der Waals surface area (Å²) in [4.78, 5) is 13.4. The molecule has 0 unspecified atom stereocenters. The largest absolute Gasteiger partial charge is 0.396 e. The van der Waals surface area contributed by atoms with Crippen molar-refractivity contribution < 1.29 is 27.8 Å². The Morgan fingerprint density at radius 1 is 0.949 bits per heavy atom. The van der Waals surface area contributed by atoms with Crippen LogP contribution < -0.4 is 16.8 Å². The number of carbonyl (C=O) groups excluding carboxylic acids is 1. The number of aliphatic hydroxyl groups excluding tert-OH is 1. The summed E-state index contributed by atoms with van der Waals surface area (Å²) in [5.41, 5.74) is 14.0. The van der Waals surface area contributed by atoms with Gasteiger partial charge in [-0.2, -0.15) is 0 Å². The van der Waals surface area contributed by atoms with Gasteiger partial charge in [0, 0.05) is 36.2 Å². The number of hydrogen-bond acceptors (Lipinski definition) is 5. The Bertz CT molecular complexity index is 1160. The molecule has 4 atom stereocenters. The lowest BCUT2D eigenvalue weighted by Crippen LogP contribution is -2.41. The van der Waals surface area contributed by atoms with Crippen molar-refractivity contribution in [1.82, 2.24) is 0 Å². The summed E-state index contributed by atoms with van der Waals surface area (Å²) in [6.07, 6.45) is 0.0126. The van der Waals surface area contributed by atoms with E-state index >= 15 is 0 Å². The second-order valence-electron chi connectivity index (χ2n) is 9.76. The first-order chi connectivity index (χ1) is 18.6. The summed E-state index contributed by atoms with van der Waals surface area (Å²) < 4.78 is 48.0. The van der Waals surface area contributed by atoms with Gasteiger partial charge in [0.05, 0.1) is 18.2 Å². The van der Waals surface area contributed by atoms with E-state index in [0.29, 0.717) is 17.5 Å². The molecule has 3 rings (SSSR count). The molecule has 3 aromatic carbocycles. The molecule has 0 aliphatic carbocycles. The minimum atomic E-state index is -1.15.